The maximum Gasteiger partial charge on any atom is 0.255 e. The van der Waals surface area contributed by atoms with Crippen molar-refractivity contribution in [1.82, 2.24) is 14.8 Å². The summed E-state index contributed by atoms with van der Waals surface area (Å²) < 4.78 is 2.19. The molecule has 1 aromatic heterocycles. The molecule has 5 rings (SSSR count). The zero-order chi connectivity index (χ0) is 21.2. The summed E-state index contributed by atoms with van der Waals surface area (Å²) in [5, 5.41) is 11.6. The van der Waals surface area contributed by atoms with Crippen LogP contribution in [0.1, 0.15) is 39.9 Å². The minimum Gasteiger partial charge on any atom is -0.321 e. The normalized spacial score (nSPS) is 15.3. The second-order valence-electron chi connectivity index (χ2n) is 8.00. The number of aryl methyl sites for hydroxylation is 2. The van der Waals surface area contributed by atoms with Crippen molar-refractivity contribution in [2.75, 3.05) is 5.32 Å². The van der Waals surface area contributed by atoms with E-state index >= 15 is 0 Å². The summed E-state index contributed by atoms with van der Waals surface area (Å²) in [6.45, 7) is 2.85. The fourth-order valence-corrected chi connectivity index (χ4v) is 4.32. The van der Waals surface area contributed by atoms with Gasteiger partial charge < -0.3 is 9.88 Å². The quantitative estimate of drug-likeness (QED) is 0.503. The molecule has 1 amide bonds. The number of carbonyl (C=O) groups is 1. The van der Waals surface area contributed by atoms with Crippen molar-refractivity contribution in [3.05, 3.63) is 102 Å². The molecule has 0 fully saturated rings. The molecule has 0 radical (unpaired) electrons. The molecule has 2 heterocycles. The number of hydrogen-bond donors (Lipinski definition) is 1. The van der Waals surface area contributed by atoms with Crippen LogP contribution in [-0.4, -0.2) is 20.7 Å². The lowest BCUT2D eigenvalue weighted by Crippen LogP contribution is -2.20. The number of para-hydroxylation sites is 1. The summed E-state index contributed by atoms with van der Waals surface area (Å²) >= 11 is 0. The Morgan fingerprint density at radius 3 is 2.65 bits per heavy atom. The van der Waals surface area contributed by atoms with Crippen LogP contribution in [0.4, 0.5) is 5.69 Å². The Morgan fingerprint density at radius 2 is 1.77 bits per heavy atom. The number of hydrogen-bond acceptors (Lipinski definition) is 3. The van der Waals surface area contributed by atoms with Gasteiger partial charge >= 0.3 is 0 Å². The third-order valence-electron chi connectivity index (χ3n) is 6.01. The third-order valence-corrected chi connectivity index (χ3v) is 6.01. The van der Waals surface area contributed by atoms with Gasteiger partial charge in [0.2, 0.25) is 0 Å². The van der Waals surface area contributed by atoms with Gasteiger partial charge in [-0.2, -0.15) is 0 Å². The van der Waals surface area contributed by atoms with Crippen LogP contribution in [0.3, 0.4) is 0 Å². The monoisotopic (exact) mass is 408 g/mol. The van der Waals surface area contributed by atoms with Crippen LogP contribution in [0.5, 0.6) is 0 Å². The fourth-order valence-electron chi connectivity index (χ4n) is 4.32. The Morgan fingerprint density at radius 1 is 0.968 bits per heavy atom. The SMILES string of the molecule is Cc1nnc2n1C[C@@H](c1cccc(C(=O)Nc3ccccc3-c3ccccc3)c1)CC2. The minimum atomic E-state index is -0.0952. The lowest BCUT2D eigenvalue weighted by molar-refractivity contribution is 0.102. The van der Waals surface area contributed by atoms with E-state index in [4.69, 9.17) is 0 Å². The third kappa shape index (κ3) is 3.87. The van der Waals surface area contributed by atoms with E-state index in [1.165, 1.54) is 5.56 Å². The number of rotatable bonds is 4. The van der Waals surface area contributed by atoms with Crippen LogP contribution in [0.25, 0.3) is 11.1 Å². The van der Waals surface area contributed by atoms with Crippen LogP contribution < -0.4 is 5.32 Å². The first-order chi connectivity index (χ1) is 15.2. The summed E-state index contributed by atoms with van der Waals surface area (Å²) in [4.78, 5) is 13.1. The summed E-state index contributed by atoms with van der Waals surface area (Å²) in [5.41, 5.74) is 4.76. The van der Waals surface area contributed by atoms with E-state index in [0.717, 1.165) is 47.8 Å². The number of anilines is 1. The maximum absolute atomic E-state index is 13.1. The lowest BCUT2D eigenvalue weighted by Gasteiger charge is -2.24. The molecule has 3 aromatic carbocycles. The molecule has 1 atom stereocenters. The minimum absolute atomic E-state index is 0.0952. The van der Waals surface area contributed by atoms with E-state index in [1.807, 2.05) is 67.6 Å². The van der Waals surface area contributed by atoms with Gasteiger partial charge in [-0.25, -0.2) is 0 Å². The van der Waals surface area contributed by atoms with E-state index in [0.29, 0.717) is 11.5 Å². The fraction of sp³-hybridized carbons (Fsp3) is 0.192. The maximum atomic E-state index is 13.1. The van der Waals surface area contributed by atoms with Crippen LogP contribution in [0, 0.1) is 6.92 Å². The van der Waals surface area contributed by atoms with Crippen molar-refractivity contribution < 1.29 is 4.79 Å². The van der Waals surface area contributed by atoms with E-state index in [-0.39, 0.29) is 5.91 Å². The summed E-state index contributed by atoms with van der Waals surface area (Å²) in [7, 11) is 0. The van der Waals surface area contributed by atoms with Crippen molar-refractivity contribution in [2.24, 2.45) is 0 Å². The summed E-state index contributed by atoms with van der Waals surface area (Å²) in [6.07, 6.45) is 1.92. The highest BCUT2D eigenvalue weighted by molar-refractivity contribution is 6.06. The Kier molecular flexibility index (Phi) is 5.08. The number of fused-ring (bicyclic) bond motifs is 1. The molecule has 1 aliphatic heterocycles. The number of nitrogens with one attached hydrogen (secondary N) is 1. The summed E-state index contributed by atoms with van der Waals surface area (Å²) in [6, 6.07) is 26.0. The van der Waals surface area contributed by atoms with Crippen LogP contribution in [0.15, 0.2) is 78.9 Å². The van der Waals surface area contributed by atoms with Gasteiger partial charge in [0.05, 0.1) is 0 Å². The Hall–Kier alpha value is -3.73. The predicted octanol–water partition coefficient (Wildman–Crippen LogP) is 5.24. The first-order valence-corrected chi connectivity index (χ1v) is 10.6. The molecule has 4 aromatic rings. The smallest absolute Gasteiger partial charge is 0.255 e. The topological polar surface area (TPSA) is 59.8 Å². The van der Waals surface area contributed by atoms with Gasteiger partial charge in [0.15, 0.2) is 0 Å². The van der Waals surface area contributed by atoms with Crippen molar-refractivity contribution in [1.29, 1.82) is 0 Å². The van der Waals surface area contributed by atoms with Crippen molar-refractivity contribution in [3.63, 3.8) is 0 Å². The van der Waals surface area contributed by atoms with E-state index in [2.05, 4.69) is 38.3 Å². The van der Waals surface area contributed by atoms with Crippen LogP contribution in [-0.2, 0) is 13.0 Å². The molecule has 0 spiro atoms. The summed E-state index contributed by atoms with van der Waals surface area (Å²) in [5.74, 6) is 2.26. The first kappa shape index (κ1) is 19.2. The Labute approximate surface area is 181 Å². The molecule has 0 saturated carbocycles. The van der Waals surface area contributed by atoms with Gasteiger partial charge in [0, 0.05) is 35.7 Å². The molecule has 1 N–H and O–H groups in total. The van der Waals surface area contributed by atoms with E-state index in [1.54, 1.807) is 0 Å². The van der Waals surface area contributed by atoms with Crippen molar-refractivity contribution in [3.8, 4) is 11.1 Å². The predicted molar refractivity (Wildman–Crippen MR) is 122 cm³/mol. The first-order valence-electron chi connectivity index (χ1n) is 10.6. The van der Waals surface area contributed by atoms with Crippen molar-refractivity contribution >= 4 is 11.6 Å². The standard InChI is InChI=1S/C26H24N4O/c1-18-28-29-25-15-14-22(17-30(18)25)20-10-7-11-21(16-20)26(31)27-24-13-6-5-12-23(24)19-8-3-2-4-9-19/h2-13,16,22H,14-15,17H2,1H3,(H,27,31)/t22-/m0/s1. The molecule has 0 aliphatic carbocycles. The van der Waals surface area contributed by atoms with Crippen LogP contribution >= 0.6 is 0 Å². The van der Waals surface area contributed by atoms with Gasteiger partial charge in [-0.3, -0.25) is 4.79 Å². The Balaban J connectivity index is 1.38. The molecular formula is C26H24N4O. The van der Waals surface area contributed by atoms with Crippen LogP contribution in [0.2, 0.25) is 0 Å². The van der Waals surface area contributed by atoms with E-state index < -0.39 is 0 Å². The molecule has 154 valence electrons. The molecule has 0 unspecified atom stereocenters. The highest BCUT2D eigenvalue weighted by Gasteiger charge is 2.23. The molecule has 5 heteroatoms. The van der Waals surface area contributed by atoms with E-state index in [9.17, 15) is 4.79 Å². The molecule has 1 aliphatic rings. The molecule has 0 saturated heterocycles. The zero-order valence-electron chi connectivity index (χ0n) is 17.5. The van der Waals surface area contributed by atoms with Gasteiger partial charge in [-0.05, 0) is 42.7 Å². The van der Waals surface area contributed by atoms with Gasteiger partial charge in [0.25, 0.3) is 5.91 Å². The highest BCUT2D eigenvalue weighted by atomic mass is 16.1. The number of carbonyl (C=O) groups excluding carboxylic acids is 1. The lowest BCUT2D eigenvalue weighted by atomic mass is 9.90. The molecule has 31 heavy (non-hydrogen) atoms. The van der Waals surface area contributed by atoms with Crippen molar-refractivity contribution in [2.45, 2.75) is 32.2 Å². The van der Waals surface area contributed by atoms with Gasteiger partial charge in [-0.1, -0.05) is 60.7 Å². The second-order valence-corrected chi connectivity index (χ2v) is 8.00. The number of nitrogens with zero attached hydrogens (tertiary/aromatic N) is 3. The molecular weight excluding hydrogens is 384 g/mol. The second kappa shape index (κ2) is 8.19. The van der Waals surface area contributed by atoms with Gasteiger partial charge in [0.1, 0.15) is 11.6 Å². The number of amides is 1. The average molecular weight is 409 g/mol. The zero-order valence-corrected chi connectivity index (χ0v) is 17.5. The molecule has 0 bridgehead atoms. The largest absolute Gasteiger partial charge is 0.321 e. The number of benzene rings is 3. The highest BCUT2D eigenvalue weighted by Crippen LogP contribution is 2.30. The molecule has 5 nitrogen and oxygen atoms in total. The average Bonchev–Trinajstić information content (AvgIpc) is 3.20. The Bertz CT molecular complexity index is 1230. The number of aromatic nitrogens is 3. The van der Waals surface area contributed by atoms with Gasteiger partial charge in [-0.15, -0.1) is 10.2 Å².